The summed E-state index contributed by atoms with van der Waals surface area (Å²) in [6.45, 7) is 5.79. The first-order chi connectivity index (χ1) is 14.6. The highest BCUT2D eigenvalue weighted by Gasteiger charge is 2.35. The van der Waals surface area contributed by atoms with Gasteiger partial charge in [-0.05, 0) is 62.2 Å². The molecule has 0 radical (unpaired) electrons. The zero-order chi connectivity index (χ0) is 20.6. The molecule has 3 heterocycles. The van der Waals surface area contributed by atoms with Crippen LogP contribution in [-0.2, 0) is 4.74 Å². The second-order valence-corrected chi connectivity index (χ2v) is 9.16. The molecule has 5 heteroatoms. The van der Waals surface area contributed by atoms with E-state index in [1.807, 2.05) is 0 Å². The van der Waals surface area contributed by atoms with Crippen molar-refractivity contribution in [2.75, 3.05) is 63.7 Å². The van der Waals surface area contributed by atoms with Crippen LogP contribution in [-0.4, -0.2) is 53.5 Å². The Morgan fingerprint density at radius 3 is 2.57 bits per heavy atom. The van der Waals surface area contributed by atoms with E-state index in [0.29, 0.717) is 5.92 Å². The summed E-state index contributed by atoms with van der Waals surface area (Å²) in [4.78, 5) is 2.40. The third kappa shape index (κ3) is 3.85. The summed E-state index contributed by atoms with van der Waals surface area (Å²) in [7, 11) is 4.57. The maximum absolute atomic E-state index is 5.49. The Morgan fingerprint density at radius 2 is 1.77 bits per heavy atom. The molecular weight excluding hydrogens is 372 g/mol. The summed E-state index contributed by atoms with van der Waals surface area (Å²) >= 11 is 0. The van der Waals surface area contributed by atoms with Gasteiger partial charge in [0.25, 0.3) is 0 Å². The fraction of sp³-hybridized carbons (Fsp3) is 0.440. The summed E-state index contributed by atoms with van der Waals surface area (Å²) in [5.41, 5.74) is 7.90. The summed E-state index contributed by atoms with van der Waals surface area (Å²) < 4.78 is 6.31. The van der Waals surface area contributed by atoms with Gasteiger partial charge >= 0.3 is 0 Å². The Kier molecular flexibility index (Phi) is 5.27. The van der Waals surface area contributed by atoms with Gasteiger partial charge in [-0.3, -0.25) is 4.48 Å². The lowest BCUT2D eigenvalue weighted by Crippen LogP contribution is -2.36. The van der Waals surface area contributed by atoms with E-state index in [2.05, 4.69) is 78.3 Å². The van der Waals surface area contributed by atoms with Gasteiger partial charge in [0, 0.05) is 47.4 Å². The van der Waals surface area contributed by atoms with Gasteiger partial charge < -0.3 is 20.3 Å². The van der Waals surface area contributed by atoms with Crippen molar-refractivity contribution in [3.05, 3.63) is 54.2 Å². The fourth-order valence-corrected chi connectivity index (χ4v) is 5.04. The maximum Gasteiger partial charge on any atom is 0.146 e. The lowest BCUT2D eigenvalue weighted by Gasteiger charge is -2.29. The monoisotopic (exact) mass is 405 g/mol. The second kappa shape index (κ2) is 8.06. The van der Waals surface area contributed by atoms with E-state index in [-0.39, 0.29) is 0 Å². The molecule has 0 bridgehead atoms. The van der Waals surface area contributed by atoms with Crippen LogP contribution in [0.1, 0.15) is 18.4 Å². The number of quaternary nitrogens is 1. The molecule has 5 rings (SSSR count). The number of hydrogen-bond donors (Lipinski definition) is 2. The number of piperidine rings is 1. The van der Waals surface area contributed by atoms with Crippen molar-refractivity contribution in [1.29, 1.82) is 0 Å². The van der Waals surface area contributed by atoms with Gasteiger partial charge in [0.15, 0.2) is 0 Å². The van der Waals surface area contributed by atoms with Crippen LogP contribution in [0.4, 0.5) is 22.7 Å². The van der Waals surface area contributed by atoms with E-state index in [1.165, 1.54) is 35.4 Å². The summed E-state index contributed by atoms with van der Waals surface area (Å²) in [5, 5.41) is 7.14. The molecule has 0 amide bonds. The van der Waals surface area contributed by atoms with Crippen molar-refractivity contribution in [2.45, 2.75) is 12.8 Å². The van der Waals surface area contributed by atoms with Crippen LogP contribution in [0.3, 0.4) is 0 Å². The van der Waals surface area contributed by atoms with Crippen LogP contribution in [0.2, 0.25) is 0 Å². The van der Waals surface area contributed by atoms with E-state index in [9.17, 15) is 0 Å². The van der Waals surface area contributed by atoms with Gasteiger partial charge in [-0.2, -0.15) is 0 Å². The van der Waals surface area contributed by atoms with Gasteiger partial charge in [0.05, 0.1) is 27.3 Å². The number of nitrogens with one attached hydrogen (secondary N) is 2. The highest BCUT2D eigenvalue weighted by atomic mass is 16.5. The molecule has 2 N–H and O–H groups in total. The predicted molar refractivity (Wildman–Crippen MR) is 126 cm³/mol. The minimum absolute atomic E-state index is 0.675. The Hall–Kier alpha value is -2.34. The molecule has 5 nitrogen and oxygen atoms in total. The zero-order valence-electron chi connectivity index (χ0n) is 18.2. The lowest BCUT2D eigenvalue weighted by atomic mass is 9.87. The van der Waals surface area contributed by atoms with E-state index < -0.39 is 0 Å². The topological polar surface area (TPSA) is 36.5 Å². The predicted octanol–water partition coefficient (Wildman–Crippen LogP) is 4.19. The van der Waals surface area contributed by atoms with Crippen LogP contribution in [0, 0.1) is 5.92 Å². The van der Waals surface area contributed by atoms with Gasteiger partial charge in [0.2, 0.25) is 0 Å². The smallest absolute Gasteiger partial charge is 0.146 e. The third-order valence-corrected chi connectivity index (χ3v) is 6.68. The minimum atomic E-state index is 0.675. The highest BCUT2D eigenvalue weighted by molar-refractivity contribution is 5.86. The number of fused-ring (bicyclic) bond motifs is 1. The quantitative estimate of drug-likeness (QED) is 0.748. The number of nitrogens with zero attached hydrogens (tertiary/aromatic N) is 2. The maximum atomic E-state index is 5.49. The standard InChI is InChI=1S/C25H33N4O/c1-29(2)18-24(19-8-10-26-11-9-19)23-7-6-21(17-25(23)29)27-20-4-3-5-22(16-20)28-12-14-30-15-13-28/h3-7,16-19,26-27H,8-15H2,1-2H3/q+1. The SMILES string of the molecule is C[N+]1(C)C=C(C2CCNCC2)c2ccc(Nc3cccc(N4CCOCC4)c3)cc21. The van der Waals surface area contributed by atoms with Crippen molar-refractivity contribution < 1.29 is 4.74 Å². The molecule has 3 aliphatic rings. The van der Waals surface area contributed by atoms with Gasteiger partial charge in [-0.15, -0.1) is 0 Å². The molecule has 0 aromatic heterocycles. The van der Waals surface area contributed by atoms with E-state index >= 15 is 0 Å². The second-order valence-electron chi connectivity index (χ2n) is 9.16. The molecule has 0 aliphatic carbocycles. The molecule has 0 atom stereocenters. The number of allylic oxidation sites excluding steroid dienone is 1. The van der Waals surface area contributed by atoms with Crippen LogP contribution >= 0.6 is 0 Å². The Labute approximate surface area is 179 Å². The molecule has 2 aromatic rings. The van der Waals surface area contributed by atoms with Crippen LogP contribution in [0.5, 0.6) is 0 Å². The average Bonchev–Trinajstić information content (AvgIpc) is 3.06. The first-order valence-electron chi connectivity index (χ1n) is 11.2. The minimum Gasteiger partial charge on any atom is -0.378 e. The van der Waals surface area contributed by atoms with Crippen molar-refractivity contribution in [3.63, 3.8) is 0 Å². The number of anilines is 3. The number of rotatable bonds is 4. The molecule has 0 spiro atoms. The number of ether oxygens (including phenoxy) is 1. The first-order valence-corrected chi connectivity index (χ1v) is 11.2. The molecule has 3 aliphatic heterocycles. The summed E-state index contributed by atoms with van der Waals surface area (Å²) in [5.74, 6) is 0.675. The average molecular weight is 406 g/mol. The first kappa shape index (κ1) is 19.6. The highest BCUT2D eigenvalue weighted by Crippen LogP contribution is 2.45. The number of hydrogen-bond acceptors (Lipinski definition) is 4. The fourth-order valence-electron chi connectivity index (χ4n) is 5.04. The number of benzene rings is 2. The van der Waals surface area contributed by atoms with Gasteiger partial charge in [0.1, 0.15) is 11.9 Å². The van der Waals surface area contributed by atoms with Crippen LogP contribution in [0.25, 0.3) is 5.57 Å². The molecule has 0 saturated carbocycles. The van der Waals surface area contributed by atoms with Crippen molar-refractivity contribution >= 4 is 28.3 Å². The zero-order valence-corrected chi connectivity index (χ0v) is 18.2. The molecule has 30 heavy (non-hydrogen) atoms. The van der Waals surface area contributed by atoms with E-state index in [4.69, 9.17) is 4.74 Å². The van der Waals surface area contributed by atoms with E-state index in [0.717, 1.165) is 55.3 Å². The number of morpholine rings is 1. The largest absolute Gasteiger partial charge is 0.378 e. The third-order valence-electron chi connectivity index (χ3n) is 6.68. The summed E-state index contributed by atoms with van der Waals surface area (Å²) in [6.07, 6.45) is 4.93. The Morgan fingerprint density at radius 1 is 1.00 bits per heavy atom. The van der Waals surface area contributed by atoms with Crippen LogP contribution < -0.4 is 20.0 Å². The molecule has 158 valence electrons. The Balaban J connectivity index is 1.38. The summed E-state index contributed by atoms with van der Waals surface area (Å²) in [6, 6.07) is 15.6. The van der Waals surface area contributed by atoms with Gasteiger partial charge in [-0.25, -0.2) is 0 Å². The molecule has 0 unspecified atom stereocenters. The normalized spacial score (nSPS) is 21.3. The molecule has 2 aromatic carbocycles. The molecule has 2 fully saturated rings. The molecular formula is C25H33N4O+. The lowest BCUT2D eigenvalue weighted by molar-refractivity contribution is 0.122. The van der Waals surface area contributed by atoms with Crippen LogP contribution in [0.15, 0.2) is 48.7 Å². The van der Waals surface area contributed by atoms with Crippen molar-refractivity contribution in [1.82, 2.24) is 9.80 Å². The molecule has 2 saturated heterocycles. The van der Waals surface area contributed by atoms with Crippen molar-refractivity contribution in [2.24, 2.45) is 5.92 Å². The van der Waals surface area contributed by atoms with E-state index in [1.54, 1.807) is 0 Å². The van der Waals surface area contributed by atoms with Gasteiger partial charge in [-0.1, -0.05) is 6.07 Å². The Bertz CT molecular complexity index is 940. The van der Waals surface area contributed by atoms with Crippen molar-refractivity contribution in [3.8, 4) is 0 Å².